The Morgan fingerprint density at radius 2 is 2.12 bits per heavy atom. The average Bonchev–Trinajstić information content (AvgIpc) is 3.00. The molecule has 0 spiro atoms. The molecule has 2 heterocycles. The molecule has 9 heteroatoms. The van der Waals surface area contributed by atoms with Crippen molar-refractivity contribution in [3.63, 3.8) is 0 Å². The van der Waals surface area contributed by atoms with Gasteiger partial charge in [0, 0.05) is 16.8 Å². The van der Waals surface area contributed by atoms with Crippen LogP contribution < -0.4 is 4.74 Å². The first-order valence-electron chi connectivity index (χ1n) is 7.62. The largest absolute Gasteiger partial charge is 0.484 e. The van der Waals surface area contributed by atoms with Gasteiger partial charge in [-0.1, -0.05) is 29.4 Å². The Bertz CT molecular complexity index is 808. The summed E-state index contributed by atoms with van der Waals surface area (Å²) in [6.45, 7) is 3.95. The molecule has 0 radical (unpaired) electrons. The number of thioether (sulfide) groups is 1. The van der Waals surface area contributed by atoms with Gasteiger partial charge in [0.25, 0.3) is 5.91 Å². The van der Waals surface area contributed by atoms with Crippen LogP contribution >= 0.6 is 23.4 Å². The fraction of sp³-hybridized carbons (Fsp3) is 0.375. The summed E-state index contributed by atoms with van der Waals surface area (Å²) in [6.07, 6.45) is 1.68. The monoisotopic (exact) mass is 400 g/mol. The lowest BCUT2D eigenvalue weighted by Gasteiger charge is -2.22. The van der Waals surface area contributed by atoms with Gasteiger partial charge in [0.2, 0.25) is 0 Å². The van der Waals surface area contributed by atoms with Crippen molar-refractivity contribution in [2.24, 2.45) is 4.99 Å². The second-order valence-electron chi connectivity index (χ2n) is 5.77. The average molecular weight is 401 g/mol. The topological polar surface area (TPSA) is 76.0 Å². The molecule has 0 bridgehead atoms. The van der Waals surface area contributed by atoms with Gasteiger partial charge in [-0.2, -0.15) is 4.99 Å². The number of nitrogens with zero attached hydrogens (tertiary/aromatic N) is 2. The number of halogens is 1. The maximum atomic E-state index is 12.1. The van der Waals surface area contributed by atoms with Gasteiger partial charge in [-0.05, 0) is 24.3 Å². The number of rotatable bonds is 5. The van der Waals surface area contributed by atoms with Gasteiger partial charge >= 0.3 is 0 Å². The molecular weight excluding hydrogens is 384 g/mol. The SMILES string of the molecule is C=CCN1C(=NC(=O)COc2ccc(Cl)cc2)S[C@@H]2CS(=O)(=O)C[C@@H]21. The number of amidine groups is 1. The van der Waals surface area contributed by atoms with Gasteiger partial charge in [0.05, 0.1) is 17.5 Å². The highest BCUT2D eigenvalue weighted by molar-refractivity contribution is 8.15. The number of benzene rings is 1. The number of ether oxygens (including phenoxy) is 1. The number of aliphatic imine (C=N–C) groups is 1. The minimum Gasteiger partial charge on any atom is -0.484 e. The Morgan fingerprint density at radius 1 is 1.40 bits per heavy atom. The fourth-order valence-corrected chi connectivity index (χ4v) is 6.91. The first-order valence-corrected chi connectivity index (χ1v) is 10.7. The molecule has 0 aromatic heterocycles. The Balaban J connectivity index is 1.66. The van der Waals surface area contributed by atoms with Gasteiger partial charge < -0.3 is 9.64 Å². The first-order chi connectivity index (χ1) is 11.9. The van der Waals surface area contributed by atoms with Crippen molar-refractivity contribution in [1.29, 1.82) is 0 Å². The maximum absolute atomic E-state index is 12.1. The quantitative estimate of drug-likeness (QED) is 0.703. The van der Waals surface area contributed by atoms with Crippen molar-refractivity contribution in [2.75, 3.05) is 24.7 Å². The van der Waals surface area contributed by atoms with Crippen LogP contribution in [0.15, 0.2) is 41.9 Å². The van der Waals surface area contributed by atoms with Crippen LogP contribution in [-0.4, -0.2) is 60.3 Å². The lowest BCUT2D eigenvalue weighted by atomic mass is 10.2. The van der Waals surface area contributed by atoms with Crippen LogP contribution in [0.25, 0.3) is 0 Å². The summed E-state index contributed by atoms with van der Waals surface area (Å²) in [6, 6.07) is 6.54. The zero-order valence-electron chi connectivity index (χ0n) is 13.3. The van der Waals surface area contributed by atoms with Gasteiger partial charge in [-0.3, -0.25) is 4.79 Å². The van der Waals surface area contributed by atoms with Crippen LogP contribution in [0, 0.1) is 0 Å². The first kappa shape index (κ1) is 18.3. The highest BCUT2D eigenvalue weighted by Crippen LogP contribution is 2.37. The molecule has 3 rings (SSSR count). The number of hydrogen-bond donors (Lipinski definition) is 0. The number of fused-ring (bicyclic) bond motifs is 1. The van der Waals surface area contributed by atoms with Crippen molar-refractivity contribution in [3.8, 4) is 5.75 Å². The van der Waals surface area contributed by atoms with Crippen molar-refractivity contribution >= 4 is 44.3 Å². The van der Waals surface area contributed by atoms with E-state index in [-0.39, 0.29) is 29.4 Å². The second kappa shape index (κ2) is 7.39. The van der Waals surface area contributed by atoms with E-state index in [1.807, 2.05) is 4.90 Å². The molecule has 2 aliphatic heterocycles. The van der Waals surface area contributed by atoms with Crippen molar-refractivity contribution in [3.05, 3.63) is 41.9 Å². The molecule has 2 fully saturated rings. The van der Waals surface area contributed by atoms with Crippen LogP contribution in [-0.2, 0) is 14.6 Å². The van der Waals surface area contributed by atoms with Crippen LogP contribution in [0.4, 0.5) is 0 Å². The molecule has 0 aliphatic carbocycles. The normalized spacial score (nSPS) is 25.8. The molecule has 2 atom stereocenters. The third-order valence-electron chi connectivity index (χ3n) is 3.90. The van der Waals surface area contributed by atoms with Crippen molar-refractivity contribution in [2.45, 2.75) is 11.3 Å². The Kier molecular flexibility index (Phi) is 5.41. The van der Waals surface area contributed by atoms with E-state index in [4.69, 9.17) is 16.3 Å². The van der Waals surface area contributed by atoms with E-state index < -0.39 is 15.7 Å². The molecule has 6 nitrogen and oxygen atoms in total. The van der Waals surface area contributed by atoms with Gasteiger partial charge in [0.15, 0.2) is 21.6 Å². The van der Waals surface area contributed by atoms with Crippen LogP contribution in [0.3, 0.4) is 0 Å². The Labute approximate surface area is 155 Å². The van der Waals surface area contributed by atoms with Gasteiger partial charge in [0.1, 0.15) is 5.75 Å². The minimum atomic E-state index is -3.03. The van der Waals surface area contributed by atoms with E-state index in [9.17, 15) is 13.2 Å². The van der Waals surface area contributed by atoms with E-state index in [2.05, 4.69) is 11.6 Å². The molecule has 1 amide bonds. The summed E-state index contributed by atoms with van der Waals surface area (Å²) in [5.41, 5.74) is 0. The summed E-state index contributed by atoms with van der Waals surface area (Å²) in [7, 11) is -3.03. The number of hydrogen-bond acceptors (Lipinski definition) is 5. The second-order valence-corrected chi connectivity index (χ2v) is 9.57. The molecular formula is C16H17ClN2O4S2. The van der Waals surface area contributed by atoms with Crippen molar-refractivity contribution < 1.29 is 17.9 Å². The molecule has 0 saturated carbocycles. The Hall–Kier alpha value is -1.51. The van der Waals surface area contributed by atoms with E-state index in [0.717, 1.165) is 0 Å². The number of carbonyl (C=O) groups is 1. The number of sulfone groups is 1. The van der Waals surface area contributed by atoms with E-state index in [1.54, 1.807) is 30.3 Å². The fourth-order valence-electron chi connectivity index (χ4n) is 2.80. The van der Waals surface area contributed by atoms with E-state index >= 15 is 0 Å². The Morgan fingerprint density at radius 3 is 2.80 bits per heavy atom. The highest BCUT2D eigenvalue weighted by Gasteiger charge is 2.48. The summed E-state index contributed by atoms with van der Waals surface area (Å²) < 4.78 is 29.0. The van der Waals surface area contributed by atoms with Gasteiger partial charge in [-0.25, -0.2) is 8.42 Å². The molecule has 2 aliphatic rings. The smallest absolute Gasteiger partial charge is 0.285 e. The zero-order valence-corrected chi connectivity index (χ0v) is 15.7. The predicted octanol–water partition coefficient (Wildman–Crippen LogP) is 2.00. The summed E-state index contributed by atoms with van der Waals surface area (Å²) in [5.74, 6) is 0.314. The molecule has 0 unspecified atom stereocenters. The van der Waals surface area contributed by atoms with Crippen LogP contribution in [0.5, 0.6) is 5.75 Å². The minimum absolute atomic E-state index is 0.0892. The van der Waals surface area contributed by atoms with E-state index in [0.29, 0.717) is 22.5 Å². The lowest BCUT2D eigenvalue weighted by molar-refractivity contribution is -0.119. The molecule has 0 N–H and O–H groups in total. The van der Waals surface area contributed by atoms with Crippen LogP contribution in [0.1, 0.15) is 0 Å². The predicted molar refractivity (Wildman–Crippen MR) is 100 cm³/mol. The zero-order chi connectivity index (χ0) is 18.0. The lowest BCUT2D eigenvalue weighted by Crippen LogP contribution is -2.37. The summed E-state index contributed by atoms with van der Waals surface area (Å²) >= 11 is 7.14. The number of carbonyl (C=O) groups excluding carboxylic acids is 1. The maximum Gasteiger partial charge on any atom is 0.285 e. The molecule has 1 aromatic rings. The molecule has 1 aromatic carbocycles. The highest BCUT2D eigenvalue weighted by atomic mass is 35.5. The molecule has 25 heavy (non-hydrogen) atoms. The third-order valence-corrected chi connectivity index (χ3v) is 7.40. The van der Waals surface area contributed by atoms with Crippen LogP contribution in [0.2, 0.25) is 5.02 Å². The van der Waals surface area contributed by atoms with Crippen molar-refractivity contribution in [1.82, 2.24) is 4.90 Å². The van der Waals surface area contributed by atoms with E-state index in [1.165, 1.54) is 11.8 Å². The molecule has 2 saturated heterocycles. The summed E-state index contributed by atoms with van der Waals surface area (Å²) in [4.78, 5) is 18.1. The third kappa shape index (κ3) is 4.37. The standard InChI is InChI=1S/C16H17ClN2O4S2/c1-2-7-19-13-9-25(21,22)10-14(13)24-16(19)18-15(20)8-23-12-5-3-11(17)4-6-12/h2-6,13-14H,1,7-10H2/t13-,14+/m0/s1. The number of amides is 1. The summed E-state index contributed by atoms with van der Waals surface area (Å²) in [5, 5.41) is 1.03. The van der Waals surface area contributed by atoms with Gasteiger partial charge in [-0.15, -0.1) is 6.58 Å². The molecule has 134 valence electrons.